The molecular weight excluding hydrogens is 242 g/mol. The summed E-state index contributed by atoms with van der Waals surface area (Å²) < 4.78 is 6.70. The summed E-state index contributed by atoms with van der Waals surface area (Å²) in [5, 5.41) is 9.20. The highest BCUT2D eigenvalue weighted by Gasteiger charge is 2.45. The van der Waals surface area contributed by atoms with E-state index in [1.54, 1.807) is 17.5 Å². The predicted octanol–water partition coefficient (Wildman–Crippen LogP) is 2.07. The molecule has 1 aliphatic carbocycles. The maximum atomic E-state index is 11.6. The number of aromatic nitrogens is 2. The van der Waals surface area contributed by atoms with Crippen LogP contribution in [0.1, 0.15) is 35.8 Å². The van der Waals surface area contributed by atoms with E-state index in [9.17, 15) is 10.1 Å². The Kier molecular flexibility index (Phi) is 2.53. The fourth-order valence-corrected chi connectivity index (χ4v) is 2.17. The van der Waals surface area contributed by atoms with Gasteiger partial charge in [0.2, 0.25) is 0 Å². The van der Waals surface area contributed by atoms with Crippen LogP contribution in [0.4, 0.5) is 0 Å². The standard InChI is InChI=1S/C14H13N3O2/c1-2-19-13(18)11-8-17-7-10(3-4-12(17)16-11)14(9-15)5-6-14/h3-4,7-8H,2,5-6H2,1H3. The summed E-state index contributed by atoms with van der Waals surface area (Å²) in [7, 11) is 0. The number of carbonyl (C=O) groups is 1. The second-order valence-electron chi connectivity index (χ2n) is 4.72. The Morgan fingerprint density at radius 3 is 2.95 bits per heavy atom. The van der Waals surface area contributed by atoms with E-state index < -0.39 is 5.97 Å². The Bertz CT molecular complexity index is 692. The van der Waals surface area contributed by atoms with Crippen molar-refractivity contribution in [3.63, 3.8) is 0 Å². The molecule has 0 radical (unpaired) electrons. The largest absolute Gasteiger partial charge is 0.461 e. The third kappa shape index (κ3) is 1.85. The monoisotopic (exact) mass is 255 g/mol. The normalized spacial score (nSPS) is 16.0. The molecule has 96 valence electrons. The quantitative estimate of drug-likeness (QED) is 0.787. The van der Waals surface area contributed by atoms with Crippen LogP contribution in [0.5, 0.6) is 0 Å². The van der Waals surface area contributed by atoms with Crippen LogP contribution in [0.2, 0.25) is 0 Å². The Balaban J connectivity index is 2.00. The minimum absolute atomic E-state index is 0.292. The molecular formula is C14H13N3O2. The molecule has 5 heteroatoms. The van der Waals surface area contributed by atoms with Gasteiger partial charge >= 0.3 is 5.97 Å². The van der Waals surface area contributed by atoms with E-state index in [4.69, 9.17) is 4.74 Å². The number of pyridine rings is 1. The minimum Gasteiger partial charge on any atom is -0.461 e. The summed E-state index contributed by atoms with van der Waals surface area (Å²) in [4.78, 5) is 15.8. The van der Waals surface area contributed by atoms with Gasteiger partial charge < -0.3 is 9.14 Å². The van der Waals surface area contributed by atoms with Gasteiger partial charge in [0, 0.05) is 12.4 Å². The Hall–Kier alpha value is -2.35. The fourth-order valence-electron chi connectivity index (χ4n) is 2.17. The van der Waals surface area contributed by atoms with Gasteiger partial charge in [0.25, 0.3) is 0 Å². The minimum atomic E-state index is -0.422. The molecule has 0 amide bonds. The van der Waals surface area contributed by atoms with Crippen LogP contribution in [0.3, 0.4) is 0 Å². The first-order valence-corrected chi connectivity index (χ1v) is 6.26. The van der Waals surface area contributed by atoms with Gasteiger partial charge in [-0.25, -0.2) is 9.78 Å². The highest BCUT2D eigenvalue weighted by atomic mass is 16.5. The average molecular weight is 255 g/mol. The molecule has 0 unspecified atom stereocenters. The number of rotatable bonds is 3. The number of fused-ring (bicyclic) bond motifs is 1. The number of esters is 1. The molecule has 19 heavy (non-hydrogen) atoms. The van der Waals surface area contributed by atoms with Gasteiger partial charge in [-0.1, -0.05) is 6.07 Å². The Morgan fingerprint density at radius 2 is 2.32 bits per heavy atom. The van der Waals surface area contributed by atoms with Crippen LogP contribution >= 0.6 is 0 Å². The summed E-state index contributed by atoms with van der Waals surface area (Å²) in [5.41, 5.74) is 1.62. The van der Waals surface area contributed by atoms with Gasteiger partial charge in [-0.3, -0.25) is 0 Å². The second-order valence-corrected chi connectivity index (χ2v) is 4.72. The van der Waals surface area contributed by atoms with Gasteiger partial charge in [-0.15, -0.1) is 0 Å². The molecule has 0 atom stereocenters. The molecule has 2 heterocycles. The summed E-state index contributed by atoms with van der Waals surface area (Å²) in [5.74, 6) is -0.422. The van der Waals surface area contributed by atoms with Crippen molar-refractivity contribution in [2.45, 2.75) is 25.2 Å². The smallest absolute Gasteiger partial charge is 0.358 e. The number of nitrogens with zero attached hydrogens (tertiary/aromatic N) is 3. The van der Waals surface area contributed by atoms with E-state index in [0.717, 1.165) is 18.4 Å². The van der Waals surface area contributed by atoms with Gasteiger partial charge in [-0.2, -0.15) is 5.26 Å². The highest BCUT2D eigenvalue weighted by molar-refractivity contribution is 5.87. The number of hydrogen-bond acceptors (Lipinski definition) is 4. The van der Waals surface area contributed by atoms with E-state index in [2.05, 4.69) is 11.1 Å². The molecule has 3 rings (SSSR count). The zero-order valence-corrected chi connectivity index (χ0v) is 10.6. The molecule has 0 saturated heterocycles. The fraction of sp³-hybridized carbons (Fsp3) is 0.357. The van der Waals surface area contributed by atoms with Gasteiger partial charge in [0.15, 0.2) is 5.69 Å². The van der Waals surface area contributed by atoms with Crippen molar-refractivity contribution >= 4 is 11.6 Å². The van der Waals surface area contributed by atoms with E-state index >= 15 is 0 Å². The maximum Gasteiger partial charge on any atom is 0.358 e. The molecule has 2 aromatic heterocycles. The summed E-state index contributed by atoms with van der Waals surface area (Å²) in [6.07, 6.45) is 5.31. The van der Waals surface area contributed by atoms with E-state index in [1.165, 1.54) is 0 Å². The lowest BCUT2D eigenvalue weighted by molar-refractivity contribution is 0.0520. The SMILES string of the molecule is CCOC(=O)c1cn2cc(C3(C#N)CC3)ccc2n1. The first-order valence-electron chi connectivity index (χ1n) is 6.26. The first-order chi connectivity index (χ1) is 9.18. The van der Waals surface area contributed by atoms with Crippen molar-refractivity contribution in [2.24, 2.45) is 0 Å². The van der Waals surface area contributed by atoms with Crippen molar-refractivity contribution in [3.05, 3.63) is 35.8 Å². The van der Waals surface area contributed by atoms with Crippen LogP contribution in [0, 0.1) is 11.3 Å². The summed E-state index contributed by atoms with van der Waals surface area (Å²) in [6, 6.07) is 6.10. The lowest BCUT2D eigenvalue weighted by Crippen LogP contribution is -2.04. The molecule has 0 spiro atoms. The number of imidazole rings is 1. The van der Waals surface area contributed by atoms with Gasteiger partial charge in [0.1, 0.15) is 5.65 Å². The van der Waals surface area contributed by atoms with Crippen molar-refractivity contribution < 1.29 is 9.53 Å². The van der Waals surface area contributed by atoms with Crippen molar-refractivity contribution in [2.75, 3.05) is 6.61 Å². The third-order valence-corrected chi connectivity index (χ3v) is 3.45. The molecule has 0 aliphatic heterocycles. The molecule has 0 aromatic carbocycles. The van der Waals surface area contributed by atoms with Crippen molar-refractivity contribution in [1.82, 2.24) is 9.38 Å². The first kappa shape index (κ1) is 11.7. The van der Waals surface area contributed by atoms with Crippen LogP contribution in [-0.2, 0) is 10.2 Å². The van der Waals surface area contributed by atoms with E-state index in [1.807, 2.05) is 18.3 Å². The molecule has 1 aliphatic rings. The van der Waals surface area contributed by atoms with Crippen molar-refractivity contribution in [3.8, 4) is 6.07 Å². The molecule has 1 saturated carbocycles. The van der Waals surface area contributed by atoms with E-state index in [-0.39, 0.29) is 5.41 Å². The maximum absolute atomic E-state index is 11.6. The molecule has 0 bridgehead atoms. The molecule has 2 aromatic rings. The molecule has 0 N–H and O–H groups in total. The lowest BCUT2D eigenvalue weighted by Gasteiger charge is -2.05. The van der Waals surface area contributed by atoms with Crippen LogP contribution in [0.15, 0.2) is 24.5 Å². The highest BCUT2D eigenvalue weighted by Crippen LogP contribution is 2.47. The Morgan fingerprint density at radius 1 is 1.53 bits per heavy atom. The van der Waals surface area contributed by atoms with E-state index in [0.29, 0.717) is 17.9 Å². The van der Waals surface area contributed by atoms with Crippen LogP contribution in [-0.4, -0.2) is 22.0 Å². The molecule has 5 nitrogen and oxygen atoms in total. The Labute approximate surface area is 110 Å². The zero-order chi connectivity index (χ0) is 13.5. The summed E-state index contributed by atoms with van der Waals surface area (Å²) >= 11 is 0. The number of nitriles is 1. The lowest BCUT2D eigenvalue weighted by atomic mass is 10.00. The predicted molar refractivity (Wildman–Crippen MR) is 67.7 cm³/mol. The van der Waals surface area contributed by atoms with Crippen molar-refractivity contribution in [1.29, 1.82) is 5.26 Å². The number of ether oxygens (including phenoxy) is 1. The number of carbonyl (C=O) groups excluding carboxylic acids is 1. The zero-order valence-electron chi connectivity index (χ0n) is 10.6. The van der Waals surface area contributed by atoms with Crippen LogP contribution < -0.4 is 0 Å². The van der Waals surface area contributed by atoms with Gasteiger partial charge in [0.05, 0.1) is 18.1 Å². The topological polar surface area (TPSA) is 67.4 Å². The second kappa shape index (κ2) is 4.09. The number of hydrogen-bond donors (Lipinski definition) is 0. The van der Waals surface area contributed by atoms with Gasteiger partial charge in [-0.05, 0) is 31.4 Å². The summed E-state index contributed by atoms with van der Waals surface area (Å²) in [6.45, 7) is 2.09. The molecule has 1 fully saturated rings. The van der Waals surface area contributed by atoms with Crippen LogP contribution in [0.25, 0.3) is 5.65 Å². The third-order valence-electron chi connectivity index (χ3n) is 3.45. The average Bonchev–Trinajstić information content (AvgIpc) is 3.10.